The maximum Gasteiger partial charge on any atom is 0.407 e. The normalized spacial score (nSPS) is 12.5. The first-order chi connectivity index (χ1) is 14.0. The standard InChI is InChI=1S/C21H32N2O6/c1-3-4-5-9-12-18(20(26)28-2)23-19(25)13-17(24)14-22-21(27)29-15-16-10-7-6-8-11-16/h6-8,10-11,17-18,24H,3-5,9,12-15H2,1-2H3,(H,22,27)(H,23,25)/t17-,18-/m0/s1. The van der Waals surface area contributed by atoms with Gasteiger partial charge in [0.2, 0.25) is 5.91 Å². The predicted molar refractivity (Wildman–Crippen MR) is 108 cm³/mol. The highest BCUT2D eigenvalue weighted by Gasteiger charge is 2.22. The molecular weight excluding hydrogens is 376 g/mol. The van der Waals surface area contributed by atoms with E-state index in [1.165, 1.54) is 7.11 Å². The highest BCUT2D eigenvalue weighted by Crippen LogP contribution is 2.07. The summed E-state index contributed by atoms with van der Waals surface area (Å²) in [7, 11) is 1.27. The van der Waals surface area contributed by atoms with Crippen LogP contribution in [0.25, 0.3) is 0 Å². The number of carbonyl (C=O) groups excluding carboxylic acids is 3. The number of hydrogen-bond donors (Lipinski definition) is 3. The number of methoxy groups -OCH3 is 1. The quantitative estimate of drug-likeness (QED) is 0.341. The molecule has 8 heteroatoms. The Hall–Kier alpha value is -2.61. The first-order valence-corrected chi connectivity index (χ1v) is 9.96. The van der Waals surface area contributed by atoms with Gasteiger partial charge in [-0.3, -0.25) is 4.79 Å². The molecule has 2 atom stereocenters. The molecule has 162 valence electrons. The largest absolute Gasteiger partial charge is 0.467 e. The molecule has 3 N–H and O–H groups in total. The van der Waals surface area contributed by atoms with Crippen molar-refractivity contribution in [2.45, 2.75) is 64.2 Å². The first-order valence-electron chi connectivity index (χ1n) is 9.96. The van der Waals surface area contributed by atoms with Gasteiger partial charge in [-0.1, -0.05) is 62.9 Å². The third-order valence-corrected chi connectivity index (χ3v) is 4.28. The van der Waals surface area contributed by atoms with E-state index in [-0.39, 0.29) is 19.6 Å². The fraction of sp³-hybridized carbons (Fsp3) is 0.571. The van der Waals surface area contributed by atoms with Crippen molar-refractivity contribution in [3.63, 3.8) is 0 Å². The number of rotatable bonds is 13. The molecule has 0 aliphatic carbocycles. The molecule has 2 amide bonds. The molecule has 0 unspecified atom stereocenters. The molecule has 1 aromatic carbocycles. The van der Waals surface area contributed by atoms with Crippen molar-refractivity contribution in [1.29, 1.82) is 0 Å². The van der Waals surface area contributed by atoms with Crippen LogP contribution in [0, 0.1) is 0 Å². The Balaban J connectivity index is 2.31. The number of unbranched alkanes of at least 4 members (excludes halogenated alkanes) is 3. The van der Waals surface area contributed by atoms with E-state index in [2.05, 4.69) is 17.6 Å². The van der Waals surface area contributed by atoms with Gasteiger partial charge in [-0.2, -0.15) is 0 Å². The number of amides is 2. The maximum atomic E-state index is 12.1. The fourth-order valence-electron chi connectivity index (χ4n) is 2.68. The summed E-state index contributed by atoms with van der Waals surface area (Å²) in [5, 5.41) is 15.0. The summed E-state index contributed by atoms with van der Waals surface area (Å²) in [6.07, 6.45) is 2.35. The lowest BCUT2D eigenvalue weighted by Gasteiger charge is -2.18. The molecule has 0 bridgehead atoms. The average Bonchev–Trinajstić information content (AvgIpc) is 2.73. The van der Waals surface area contributed by atoms with Crippen molar-refractivity contribution in [3.8, 4) is 0 Å². The number of carbonyl (C=O) groups is 3. The van der Waals surface area contributed by atoms with Gasteiger partial charge in [-0.05, 0) is 12.0 Å². The zero-order chi connectivity index (χ0) is 21.5. The van der Waals surface area contributed by atoms with Crippen molar-refractivity contribution in [2.75, 3.05) is 13.7 Å². The molecule has 0 spiro atoms. The van der Waals surface area contributed by atoms with Crippen molar-refractivity contribution in [1.82, 2.24) is 10.6 Å². The Morgan fingerprint density at radius 2 is 1.83 bits per heavy atom. The minimum absolute atomic E-state index is 0.113. The lowest BCUT2D eigenvalue weighted by molar-refractivity contribution is -0.145. The van der Waals surface area contributed by atoms with E-state index in [4.69, 9.17) is 9.47 Å². The summed E-state index contributed by atoms with van der Waals surface area (Å²) in [5.41, 5.74) is 0.843. The van der Waals surface area contributed by atoms with E-state index in [0.29, 0.717) is 6.42 Å². The molecule has 29 heavy (non-hydrogen) atoms. The number of hydrogen-bond acceptors (Lipinski definition) is 6. The van der Waals surface area contributed by atoms with E-state index in [0.717, 1.165) is 31.2 Å². The molecule has 1 aromatic rings. The molecule has 0 aromatic heterocycles. The van der Waals surface area contributed by atoms with E-state index in [1.807, 2.05) is 30.3 Å². The van der Waals surface area contributed by atoms with Crippen LogP contribution < -0.4 is 10.6 Å². The molecule has 8 nitrogen and oxygen atoms in total. The third-order valence-electron chi connectivity index (χ3n) is 4.28. The van der Waals surface area contributed by atoms with Gasteiger partial charge in [0.1, 0.15) is 12.6 Å². The highest BCUT2D eigenvalue weighted by atomic mass is 16.5. The minimum Gasteiger partial charge on any atom is -0.467 e. The lowest BCUT2D eigenvalue weighted by atomic mass is 10.1. The van der Waals surface area contributed by atoms with Crippen LogP contribution in [0.2, 0.25) is 0 Å². The lowest BCUT2D eigenvalue weighted by Crippen LogP contribution is -2.43. The second-order valence-electron chi connectivity index (χ2n) is 6.79. The predicted octanol–water partition coefficient (Wildman–Crippen LogP) is 2.29. The maximum absolute atomic E-state index is 12.1. The van der Waals surface area contributed by atoms with Gasteiger partial charge >= 0.3 is 12.1 Å². The molecule has 0 aliphatic rings. The van der Waals surface area contributed by atoms with Crippen LogP contribution in [0.1, 0.15) is 51.0 Å². The van der Waals surface area contributed by atoms with Crippen LogP contribution in [-0.2, 0) is 25.7 Å². The number of benzene rings is 1. The van der Waals surface area contributed by atoms with Crippen LogP contribution in [0.15, 0.2) is 30.3 Å². The van der Waals surface area contributed by atoms with Gasteiger partial charge in [0.15, 0.2) is 0 Å². The summed E-state index contributed by atoms with van der Waals surface area (Å²) >= 11 is 0. The molecule has 0 saturated heterocycles. The Morgan fingerprint density at radius 3 is 2.48 bits per heavy atom. The summed E-state index contributed by atoms with van der Waals surface area (Å²) in [6, 6.07) is 8.45. The molecule has 0 saturated carbocycles. The van der Waals surface area contributed by atoms with E-state index in [9.17, 15) is 19.5 Å². The van der Waals surface area contributed by atoms with Gasteiger partial charge in [-0.15, -0.1) is 0 Å². The third kappa shape index (κ3) is 11.1. The van der Waals surface area contributed by atoms with Crippen LogP contribution in [0.5, 0.6) is 0 Å². The average molecular weight is 408 g/mol. The van der Waals surface area contributed by atoms with Crippen LogP contribution in [-0.4, -0.2) is 48.9 Å². The molecule has 0 heterocycles. The smallest absolute Gasteiger partial charge is 0.407 e. The monoisotopic (exact) mass is 408 g/mol. The highest BCUT2D eigenvalue weighted by molar-refractivity contribution is 5.84. The van der Waals surface area contributed by atoms with E-state index < -0.39 is 30.1 Å². The van der Waals surface area contributed by atoms with Gasteiger partial charge < -0.3 is 25.2 Å². The van der Waals surface area contributed by atoms with Gasteiger partial charge in [-0.25, -0.2) is 9.59 Å². The molecule has 1 rings (SSSR count). The number of ether oxygens (including phenoxy) is 2. The van der Waals surface area contributed by atoms with E-state index in [1.54, 1.807) is 0 Å². The second kappa shape index (κ2) is 14.4. The first kappa shape index (κ1) is 24.4. The Morgan fingerprint density at radius 1 is 1.10 bits per heavy atom. The van der Waals surface area contributed by atoms with Gasteiger partial charge in [0, 0.05) is 6.54 Å². The molecule has 0 fully saturated rings. The second-order valence-corrected chi connectivity index (χ2v) is 6.79. The number of nitrogens with one attached hydrogen (secondary N) is 2. The van der Waals surface area contributed by atoms with Crippen molar-refractivity contribution in [3.05, 3.63) is 35.9 Å². The number of aliphatic hydroxyl groups is 1. The van der Waals surface area contributed by atoms with Crippen LogP contribution in [0.4, 0.5) is 4.79 Å². The van der Waals surface area contributed by atoms with E-state index >= 15 is 0 Å². The Kier molecular flexibility index (Phi) is 12.1. The summed E-state index contributed by atoms with van der Waals surface area (Å²) in [5.74, 6) is -0.991. The Labute approximate surface area is 172 Å². The zero-order valence-electron chi connectivity index (χ0n) is 17.2. The summed E-state index contributed by atoms with van der Waals surface area (Å²) in [6.45, 7) is 2.06. The van der Waals surface area contributed by atoms with Gasteiger partial charge in [0.05, 0.1) is 19.6 Å². The fourth-order valence-corrected chi connectivity index (χ4v) is 2.68. The van der Waals surface area contributed by atoms with Crippen LogP contribution >= 0.6 is 0 Å². The number of esters is 1. The zero-order valence-corrected chi connectivity index (χ0v) is 17.2. The number of aliphatic hydroxyl groups excluding tert-OH is 1. The van der Waals surface area contributed by atoms with Crippen molar-refractivity contribution in [2.24, 2.45) is 0 Å². The Bertz CT molecular complexity index is 623. The topological polar surface area (TPSA) is 114 Å². The SMILES string of the molecule is CCCCCC[C@H](NC(=O)C[C@H](O)CNC(=O)OCc1ccccc1)C(=O)OC. The van der Waals surface area contributed by atoms with Crippen LogP contribution in [0.3, 0.4) is 0 Å². The minimum atomic E-state index is -1.10. The molecule has 0 radical (unpaired) electrons. The number of alkyl carbamates (subject to hydrolysis) is 1. The summed E-state index contributed by atoms with van der Waals surface area (Å²) in [4.78, 5) is 35.6. The molecule has 0 aliphatic heterocycles. The van der Waals surface area contributed by atoms with Crippen molar-refractivity contribution >= 4 is 18.0 Å². The summed E-state index contributed by atoms with van der Waals surface area (Å²) < 4.78 is 9.76. The van der Waals surface area contributed by atoms with Gasteiger partial charge in [0.25, 0.3) is 0 Å². The van der Waals surface area contributed by atoms with Crippen molar-refractivity contribution < 1.29 is 29.0 Å². The molecular formula is C21H32N2O6.